The maximum Gasteiger partial charge on any atom is 0.00385 e. The van der Waals surface area contributed by atoms with Crippen LogP contribution in [0.1, 0.15) is 54.4 Å². The van der Waals surface area contributed by atoms with Crippen LogP contribution in [-0.4, -0.2) is 24.0 Å². The fourth-order valence-electron chi connectivity index (χ4n) is 1.62. The molecule has 1 atom stereocenters. The number of rotatable bonds is 7. The van der Waals surface area contributed by atoms with Gasteiger partial charge in [-0.1, -0.05) is 27.7 Å². The van der Waals surface area contributed by atoms with E-state index in [2.05, 4.69) is 46.4 Å². The highest BCUT2D eigenvalue weighted by Crippen LogP contribution is 2.15. The van der Waals surface area contributed by atoms with Crippen molar-refractivity contribution >= 4 is 0 Å². The summed E-state index contributed by atoms with van der Waals surface area (Å²) >= 11 is 0. The Labute approximate surface area is 90.9 Å². The minimum absolute atomic E-state index is 0.703. The zero-order chi connectivity index (χ0) is 11.1. The fourth-order valence-corrected chi connectivity index (χ4v) is 1.62. The van der Waals surface area contributed by atoms with Gasteiger partial charge in [-0.3, -0.25) is 0 Å². The third kappa shape index (κ3) is 5.64. The number of hydrogen-bond donors (Lipinski definition) is 0. The maximum absolute atomic E-state index is 2.60. The van der Waals surface area contributed by atoms with E-state index in [1.807, 2.05) is 0 Å². The summed E-state index contributed by atoms with van der Waals surface area (Å²) in [5.41, 5.74) is 0. The summed E-state index contributed by atoms with van der Waals surface area (Å²) in [6, 6.07) is 0.703. The van der Waals surface area contributed by atoms with Crippen molar-refractivity contribution in [1.82, 2.24) is 4.90 Å². The van der Waals surface area contributed by atoms with Crippen LogP contribution in [0.4, 0.5) is 0 Å². The Kier molecular flexibility index (Phi) is 7.26. The summed E-state index contributed by atoms with van der Waals surface area (Å²) in [4.78, 5) is 2.60. The third-order valence-electron chi connectivity index (χ3n) is 3.25. The van der Waals surface area contributed by atoms with Gasteiger partial charge in [-0.25, -0.2) is 0 Å². The van der Waals surface area contributed by atoms with Crippen molar-refractivity contribution in [2.24, 2.45) is 11.8 Å². The van der Waals surface area contributed by atoms with Crippen LogP contribution in [0.3, 0.4) is 0 Å². The van der Waals surface area contributed by atoms with Crippen molar-refractivity contribution in [3.63, 3.8) is 0 Å². The molecule has 0 aromatic rings. The van der Waals surface area contributed by atoms with E-state index in [-0.39, 0.29) is 0 Å². The summed E-state index contributed by atoms with van der Waals surface area (Å²) in [5.74, 6) is 1.68. The van der Waals surface area contributed by atoms with Crippen LogP contribution < -0.4 is 0 Å². The number of hydrogen-bond acceptors (Lipinski definition) is 1. The molecule has 0 radical (unpaired) electrons. The van der Waals surface area contributed by atoms with Gasteiger partial charge in [-0.05, 0) is 51.6 Å². The zero-order valence-corrected chi connectivity index (χ0v) is 11.0. The fraction of sp³-hybridized carbons (Fsp3) is 1.00. The second-order valence-corrected chi connectivity index (χ2v) is 5.14. The van der Waals surface area contributed by atoms with Gasteiger partial charge in [0.1, 0.15) is 0 Å². The minimum atomic E-state index is 0.703. The van der Waals surface area contributed by atoms with E-state index in [4.69, 9.17) is 0 Å². The minimum Gasteiger partial charge on any atom is -0.301 e. The molecule has 0 aliphatic rings. The van der Waals surface area contributed by atoms with E-state index < -0.39 is 0 Å². The maximum atomic E-state index is 2.60. The highest BCUT2D eigenvalue weighted by Gasteiger charge is 2.12. The lowest BCUT2D eigenvalue weighted by atomic mass is 9.94. The van der Waals surface area contributed by atoms with Crippen molar-refractivity contribution in [3.8, 4) is 0 Å². The van der Waals surface area contributed by atoms with Crippen LogP contribution in [-0.2, 0) is 0 Å². The van der Waals surface area contributed by atoms with E-state index in [9.17, 15) is 0 Å². The molecule has 0 aliphatic carbocycles. The van der Waals surface area contributed by atoms with E-state index in [0.717, 1.165) is 11.8 Å². The molecule has 14 heavy (non-hydrogen) atoms. The highest BCUT2D eigenvalue weighted by molar-refractivity contribution is 4.65. The Balaban J connectivity index is 3.81. The van der Waals surface area contributed by atoms with E-state index in [0.29, 0.717) is 6.04 Å². The van der Waals surface area contributed by atoms with Crippen molar-refractivity contribution < 1.29 is 0 Å². The van der Waals surface area contributed by atoms with E-state index in [1.165, 1.54) is 25.9 Å². The van der Waals surface area contributed by atoms with Gasteiger partial charge in [0.2, 0.25) is 0 Å². The summed E-state index contributed by atoms with van der Waals surface area (Å²) in [5, 5.41) is 0. The van der Waals surface area contributed by atoms with Gasteiger partial charge in [0.15, 0.2) is 0 Å². The SMILES string of the molecule is CCCN(CCC(C)C(C)C)C(C)C. The van der Waals surface area contributed by atoms with Crippen LogP contribution in [0.5, 0.6) is 0 Å². The van der Waals surface area contributed by atoms with Gasteiger partial charge in [-0.15, -0.1) is 0 Å². The normalized spacial score (nSPS) is 14.4. The lowest BCUT2D eigenvalue weighted by Crippen LogP contribution is -2.33. The van der Waals surface area contributed by atoms with Crippen LogP contribution in [0.25, 0.3) is 0 Å². The monoisotopic (exact) mass is 199 g/mol. The highest BCUT2D eigenvalue weighted by atomic mass is 15.1. The molecule has 0 saturated heterocycles. The average Bonchev–Trinajstić information content (AvgIpc) is 2.10. The zero-order valence-electron chi connectivity index (χ0n) is 11.0. The molecule has 0 aromatic heterocycles. The molecule has 0 saturated carbocycles. The van der Waals surface area contributed by atoms with Crippen LogP contribution in [0.15, 0.2) is 0 Å². The smallest absolute Gasteiger partial charge is 0.00385 e. The molecule has 1 nitrogen and oxygen atoms in total. The van der Waals surface area contributed by atoms with Gasteiger partial charge in [-0.2, -0.15) is 0 Å². The lowest BCUT2D eigenvalue weighted by molar-refractivity contribution is 0.198. The predicted molar refractivity (Wildman–Crippen MR) is 65.6 cm³/mol. The molecule has 0 rings (SSSR count). The average molecular weight is 199 g/mol. The molecule has 0 aromatic carbocycles. The Morgan fingerprint density at radius 2 is 1.50 bits per heavy atom. The van der Waals surface area contributed by atoms with Crippen molar-refractivity contribution in [1.29, 1.82) is 0 Å². The Morgan fingerprint density at radius 1 is 0.929 bits per heavy atom. The molecule has 1 heteroatoms. The second kappa shape index (κ2) is 7.28. The first-order valence-corrected chi connectivity index (χ1v) is 6.23. The first-order chi connectivity index (χ1) is 6.49. The first kappa shape index (κ1) is 14.0. The quantitative estimate of drug-likeness (QED) is 0.603. The second-order valence-electron chi connectivity index (χ2n) is 5.14. The van der Waals surface area contributed by atoms with Crippen molar-refractivity contribution in [2.45, 2.75) is 60.4 Å². The first-order valence-electron chi connectivity index (χ1n) is 6.23. The summed E-state index contributed by atoms with van der Waals surface area (Å²) < 4.78 is 0. The molecule has 0 fully saturated rings. The van der Waals surface area contributed by atoms with Gasteiger partial charge < -0.3 is 4.90 Å². The third-order valence-corrected chi connectivity index (χ3v) is 3.25. The summed E-state index contributed by atoms with van der Waals surface area (Å²) in [6.07, 6.45) is 2.62. The van der Waals surface area contributed by atoms with Crippen molar-refractivity contribution in [2.75, 3.05) is 13.1 Å². The Morgan fingerprint density at radius 3 is 1.86 bits per heavy atom. The van der Waals surface area contributed by atoms with Crippen LogP contribution in [0, 0.1) is 11.8 Å². The molecule has 0 bridgehead atoms. The predicted octanol–water partition coefficient (Wildman–Crippen LogP) is 3.79. The largest absolute Gasteiger partial charge is 0.301 e. The molecule has 0 aliphatic heterocycles. The molecule has 0 heterocycles. The summed E-state index contributed by atoms with van der Waals surface area (Å²) in [7, 11) is 0. The Hall–Kier alpha value is -0.0400. The molecule has 0 spiro atoms. The topological polar surface area (TPSA) is 3.24 Å². The Bertz CT molecular complexity index is 129. The van der Waals surface area contributed by atoms with Gasteiger partial charge in [0.25, 0.3) is 0 Å². The van der Waals surface area contributed by atoms with E-state index >= 15 is 0 Å². The van der Waals surface area contributed by atoms with Gasteiger partial charge in [0, 0.05) is 6.04 Å². The van der Waals surface area contributed by atoms with Gasteiger partial charge >= 0.3 is 0 Å². The molecular weight excluding hydrogens is 170 g/mol. The summed E-state index contributed by atoms with van der Waals surface area (Å²) in [6.45, 7) is 16.4. The standard InChI is InChI=1S/C13H29N/c1-7-9-14(12(4)5)10-8-13(6)11(2)3/h11-13H,7-10H2,1-6H3. The molecule has 0 N–H and O–H groups in total. The van der Waals surface area contributed by atoms with E-state index in [1.54, 1.807) is 0 Å². The number of nitrogens with zero attached hydrogens (tertiary/aromatic N) is 1. The lowest BCUT2D eigenvalue weighted by Gasteiger charge is -2.28. The van der Waals surface area contributed by atoms with Crippen LogP contribution >= 0.6 is 0 Å². The molecular formula is C13H29N. The molecule has 86 valence electrons. The van der Waals surface area contributed by atoms with Crippen LogP contribution in [0.2, 0.25) is 0 Å². The molecule has 0 amide bonds. The van der Waals surface area contributed by atoms with Gasteiger partial charge in [0.05, 0.1) is 0 Å². The van der Waals surface area contributed by atoms with Crippen molar-refractivity contribution in [3.05, 3.63) is 0 Å². The molecule has 1 unspecified atom stereocenters.